The van der Waals surface area contributed by atoms with Crippen molar-refractivity contribution >= 4 is 16.8 Å². The summed E-state index contributed by atoms with van der Waals surface area (Å²) in [5.74, 6) is -0.133. The van der Waals surface area contributed by atoms with Crippen molar-refractivity contribution in [3.05, 3.63) is 84.1 Å². The fraction of sp³-hybridized carbons (Fsp3) is 0.200. The lowest BCUT2D eigenvalue weighted by Crippen LogP contribution is -2.35. The summed E-state index contributed by atoms with van der Waals surface area (Å²) >= 11 is 0. The van der Waals surface area contributed by atoms with Gasteiger partial charge in [0.2, 0.25) is 0 Å². The Morgan fingerprint density at radius 3 is 2.60 bits per heavy atom. The fourth-order valence-corrected chi connectivity index (χ4v) is 3.55. The summed E-state index contributed by atoms with van der Waals surface area (Å²) < 4.78 is 7.02. The van der Waals surface area contributed by atoms with E-state index < -0.39 is 0 Å². The van der Waals surface area contributed by atoms with Gasteiger partial charge in [-0.05, 0) is 49.2 Å². The van der Waals surface area contributed by atoms with Crippen LogP contribution in [-0.2, 0) is 4.74 Å². The number of ether oxygens (including phenoxy) is 1. The Morgan fingerprint density at radius 2 is 1.83 bits per heavy atom. The van der Waals surface area contributed by atoms with Gasteiger partial charge in [-0.2, -0.15) is 5.10 Å². The van der Waals surface area contributed by atoms with Gasteiger partial charge in [-0.15, -0.1) is 0 Å². The van der Waals surface area contributed by atoms with Crippen LogP contribution in [-0.4, -0.2) is 35.4 Å². The van der Waals surface area contributed by atoms with Gasteiger partial charge in [0.1, 0.15) is 0 Å². The third-order valence-electron chi connectivity index (χ3n) is 5.08. The molecule has 1 atom stereocenters. The second-order valence-electron chi connectivity index (χ2n) is 7.58. The number of carbonyl (C=O) groups excluding carboxylic acids is 1. The van der Waals surface area contributed by atoms with Crippen LogP contribution in [0, 0.1) is 6.92 Å². The molecule has 0 fully saturated rings. The van der Waals surface area contributed by atoms with Crippen LogP contribution in [0.1, 0.15) is 22.8 Å². The lowest BCUT2D eigenvalue weighted by atomic mass is 10.0. The summed E-state index contributed by atoms with van der Waals surface area (Å²) in [4.78, 5) is 13.0. The maximum absolute atomic E-state index is 13.0. The summed E-state index contributed by atoms with van der Waals surface area (Å²) in [6, 6.07) is 22.1. The molecule has 1 aromatic heterocycles. The molecule has 0 aliphatic heterocycles. The zero-order valence-corrected chi connectivity index (χ0v) is 17.4. The molecule has 1 unspecified atom stereocenters. The maximum Gasteiger partial charge on any atom is 0.251 e. The molecule has 0 saturated carbocycles. The molecule has 4 aromatic rings. The quantitative estimate of drug-likeness (QED) is 0.508. The summed E-state index contributed by atoms with van der Waals surface area (Å²) in [5, 5.41) is 8.62. The Labute approximate surface area is 176 Å². The Kier molecular flexibility index (Phi) is 5.63. The molecule has 1 heterocycles. The molecule has 0 aliphatic carbocycles. The predicted octanol–water partition coefficient (Wildman–Crippen LogP) is 4.77. The van der Waals surface area contributed by atoms with Crippen molar-refractivity contribution in [1.29, 1.82) is 0 Å². The van der Waals surface area contributed by atoms with Crippen LogP contribution in [0.4, 0.5) is 0 Å². The highest BCUT2D eigenvalue weighted by Gasteiger charge is 2.15. The van der Waals surface area contributed by atoms with Crippen LogP contribution in [0.3, 0.4) is 0 Å². The van der Waals surface area contributed by atoms with E-state index in [-0.39, 0.29) is 11.9 Å². The molecular formula is C25H25N3O2. The number of aromatic nitrogens is 2. The van der Waals surface area contributed by atoms with Gasteiger partial charge in [0.05, 0.1) is 24.0 Å². The van der Waals surface area contributed by atoms with E-state index in [1.165, 1.54) is 5.56 Å². The van der Waals surface area contributed by atoms with Gasteiger partial charge in [0, 0.05) is 24.1 Å². The number of amides is 1. The summed E-state index contributed by atoms with van der Waals surface area (Å²) in [6.07, 6.45) is 1.84. The van der Waals surface area contributed by atoms with Gasteiger partial charge >= 0.3 is 0 Å². The number of para-hydroxylation sites is 1. The monoisotopic (exact) mass is 399 g/mol. The van der Waals surface area contributed by atoms with E-state index in [1.807, 2.05) is 54.2 Å². The Hall–Kier alpha value is -3.44. The van der Waals surface area contributed by atoms with Crippen LogP contribution in [0.25, 0.3) is 27.7 Å². The molecule has 5 heteroatoms. The largest absolute Gasteiger partial charge is 0.383 e. The number of hydrogen-bond acceptors (Lipinski definition) is 3. The van der Waals surface area contributed by atoms with Gasteiger partial charge in [-0.25, -0.2) is 4.68 Å². The van der Waals surface area contributed by atoms with Crippen LogP contribution in [0.15, 0.2) is 72.9 Å². The lowest BCUT2D eigenvalue weighted by Gasteiger charge is -2.15. The zero-order valence-electron chi connectivity index (χ0n) is 17.4. The molecule has 0 spiro atoms. The number of hydrogen-bond donors (Lipinski definition) is 1. The molecule has 5 nitrogen and oxygen atoms in total. The van der Waals surface area contributed by atoms with Gasteiger partial charge in [0.15, 0.2) is 0 Å². The van der Waals surface area contributed by atoms with Crippen LogP contribution >= 0.6 is 0 Å². The highest BCUT2D eigenvalue weighted by Crippen LogP contribution is 2.27. The number of rotatable bonds is 6. The van der Waals surface area contributed by atoms with E-state index in [0.29, 0.717) is 12.2 Å². The highest BCUT2D eigenvalue weighted by atomic mass is 16.5. The topological polar surface area (TPSA) is 56.1 Å². The number of nitrogens with zero attached hydrogens (tertiary/aromatic N) is 2. The molecule has 0 aliphatic rings. The van der Waals surface area contributed by atoms with Crippen molar-refractivity contribution in [2.24, 2.45) is 0 Å². The van der Waals surface area contributed by atoms with Gasteiger partial charge in [-0.1, -0.05) is 48.0 Å². The first-order valence-electron chi connectivity index (χ1n) is 10.0. The van der Waals surface area contributed by atoms with E-state index >= 15 is 0 Å². The average Bonchev–Trinajstić information content (AvgIpc) is 3.18. The molecule has 0 saturated heterocycles. The Balaban J connectivity index is 1.82. The smallest absolute Gasteiger partial charge is 0.251 e. The molecule has 1 N–H and O–H groups in total. The van der Waals surface area contributed by atoms with Crippen molar-refractivity contribution in [2.45, 2.75) is 19.9 Å². The minimum atomic E-state index is -0.133. The van der Waals surface area contributed by atoms with Crippen molar-refractivity contribution in [1.82, 2.24) is 15.1 Å². The van der Waals surface area contributed by atoms with E-state index in [1.54, 1.807) is 7.11 Å². The van der Waals surface area contributed by atoms with Gasteiger partial charge in [0.25, 0.3) is 5.91 Å². The van der Waals surface area contributed by atoms with Crippen molar-refractivity contribution in [2.75, 3.05) is 13.7 Å². The second-order valence-corrected chi connectivity index (χ2v) is 7.58. The Morgan fingerprint density at radius 1 is 1.07 bits per heavy atom. The predicted molar refractivity (Wildman–Crippen MR) is 120 cm³/mol. The molecule has 1 amide bonds. The molecule has 3 aromatic carbocycles. The minimum absolute atomic E-state index is 0.0838. The van der Waals surface area contributed by atoms with E-state index in [4.69, 9.17) is 4.74 Å². The SMILES string of the molecule is COCC(C)NC(=O)c1cc(-c2ccc(C)cc2)cc(-n2ncc3ccccc32)c1. The standard InChI is InChI=1S/C25H25N3O2/c1-17-8-10-19(11-9-17)21-12-22(25(29)27-18(2)16-30-3)14-23(13-21)28-24-7-5-4-6-20(24)15-26-28/h4-15,18H,16H2,1-3H3,(H,27,29). The second kappa shape index (κ2) is 8.51. The Bertz CT molecular complexity index is 1180. The third kappa shape index (κ3) is 4.11. The van der Waals surface area contributed by atoms with E-state index in [0.717, 1.165) is 27.7 Å². The van der Waals surface area contributed by atoms with Crippen molar-refractivity contribution in [3.8, 4) is 16.8 Å². The third-order valence-corrected chi connectivity index (χ3v) is 5.08. The lowest BCUT2D eigenvalue weighted by molar-refractivity contribution is 0.0905. The van der Waals surface area contributed by atoms with Crippen molar-refractivity contribution in [3.63, 3.8) is 0 Å². The van der Waals surface area contributed by atoms with Crippen LogP contribution < -0.4 is 5.32 Å². The van der Waals surface area contributed by atoms with E-state index in [9.17, 15) is 4.79 Å². The number of nitrogens with one attached hydrogen (secondary N) is 1. The van der Waals surface area contributed by atoms with E-state index in [2.05, 4.69) is 47.7 Å². The first-order chi connectivity index (χ1) is 14.5. The number of methoxy groups -OCH3 is 1. The molecule has 152 valence electrons. The maximum atomic E-state index is 13.0. The summed E-state index contributed by atoms with van der Waals surface area (Å²) in [6.45, 7) is 4.44. The number of aryl methyl sites for hydroxylation is 1. The molecule has 0 radical (unpaired) electrons. The zero-order chi connectivity index (χ0) is 21.1. The molecular weight excluding hydrogens is 374 g/mol. The van der Waals surface area contributed by atoms with Crippen LogP contribution in [0.2, 0.25) is 0 Å². The minimum Gasteiger partial charge on any atom is -0.383 e. The fourth-order valence-electron chi connectivity index (χ4n) is 3.55. The molecule has 30 heavy (non-hydrogen) atoms. The van der Waals surface area contributed by atoms with Gasteiger partial charge in [-0.3, -0.25) is 4.79 Å². The summed E-state index contributed by atoms with van der Waals surface area (Å²) in [7, 11) is 1.63. The number of benzene rings is 3. The molecule has 4 rings (SSSR count). The van der Waals surface area contributed by atoms with Gasteiger partial charge < -0.3 is 10.1 Å². The average molecular weight is 399 g/mol. The van der Waals surface area contributed by atoms with Crippen LogP contribution in [0.5, 0.6) is 0 Å². The number of carbonyl (C=O) groups is 1. The summed E-state index contributed by atoms with van der Waals surface area (Å²) in [5.41, 5.74) is 5.65. The molecule has 0 bridgehead atoms. The highest BCUT2D eigenvalue weighted by molar-refractivity contribution is 5.96. The normalized spacial score (nSPS) is 12.1. The van der Waals surface area contributed by atoms with Crippen molar-refractivity contribution < 1.29 is 9.53 Å². The first-order valence-corrected chi connectivity index (χ1v) is 10.0. The first kappa shape index (κ1) is 19.9. The number of fused-ring (bicyclic) bond motifs is 1.